The number of aliphatic hydroxyl groups is 1. The Kier molecular flexibility index (Phi) is 3.80. The third-order valence-electron chi connectivity index (χ3n) is 3.54. The highest BCUT2D eigenvalue weighted by Crippen LogP contribution is 2.24. The highest BCUT2D eigenvalue weighted by atomic mass is 35.5. The van der Waals surface area contributed by atoms with Crippen LogP contribution in [0.4, 0.5) is 5.95 Å². The molecule has 0 saturated carbocycles. The summed E-state index contributed by atoms with van der Waals surface area (Å²) in [6.45, 7) is 1.29. The fourth-order valence-electron chi connectivity index (χ4n) is 2.51. The van der Waals surface area contributed by atoms with Crippen molar-refractivity contribution in [1.82, 2.24) is 15.0 Å². The first-order valence-corrected chi connectivity index (χ1v) is 6.89. The van der Waals surface area contributed by atoms with Crippen LogP contribution >= 0.6 is 11.6 Å². The van der Waals surface area contributed by atoms with Gasteiger partial charge in [0.25, 0.3) is 0 Å². The summed E-state index contributed by atoms with van der Waals surface area (Å²) in [4.78, 5) is 14.4. The molecule has 20 heavy (non-hydrogen) atoms. The summed E-state index contributed by atoms with van der Waals surface area (Å²) < 4.78 is 0. The van der Waals surface area contributed by atoms with Crippen molar-refractivity contribution in [3.05, 3.63) is 47.5 Å². The molecule has 1 saturated heterocycles. The molecule has 0 bridgehead atoms. The molecule has 1 fully saturated rings. The molecule has 2 aromatic rings. The van der Waals surface area contributed by atoms with Crippen molar-refractivity contribution in [2.24, 2.45) is 5.92 Å². The van der Waals surface area contributed by atoms with Gasteiger partial charge in [-0.15, -0.1) is 0 Å². The number of hydrogen-bond acceptors (Lipinski definition) is 5. The molecule has 0 aliphatic carbocycles. The van der Waals surface area contributed by atoms with Gasteiger partial charge in [-0.2, -0.15) is 0 Å². The first-order valence-electron chi connectivity index (χ1n) is 6.52. The topological polar surface area (TPSA) is 62.1 Å². The molecule has 0 unspecified atom stereocenters. The number of nitrogens with zero attached hydrogens (tertiary/aromatic N) is 4. The van der Waals surface area contributed by atoms with Crippen molar-refractivity contribution >= 4 is 17.5 Å². The van der Waals surface area contributed by atoms with Gasteiger partial charge in [-0.05, 0) is 24.1 Å². The molecule has 0 spiro atoms. The summed E-state index contributed by atoms with van der Waals surface area (Å²) in [7, 11) is 0. The Hall–Kier alpha value is -1.72. The van der Waals surface area contributed by atoms with Crippen LogP contribution in [-0.2, 0) is 6.42 Å². The van der Waals surface area contributed by atoms with Gasteiger partial charge in [0.15, 0.2) is 0 Å². The molecule has 3 heterocycles. The number of hydrogen-bond donors (Lipinski definition) is 1. The summed E-state index contributed by atoms with van der Waals surface area (Å²) in [6, 6.07) is 3.96. The summed E-state index contributed by atoms with van der Waals surface area (Å²) >= 11 is 5.78. The molecule has 0 amide bonds. The molecule has 3 rings (SSSR count). The van der Waals surface area contributed by atoms with Crippen LogP contribution in [0.5, 0.6) is 0 Å². The maximum absolute atomic E-state index is 10.2. The van der Waals surface area contributed by atoms with Crippen molar-refractivity contribution in [2.75, 3.05) is 18.0 Å². The quantitative estimate of drug-likeness (QED) is 0.929. The van der Waals surface area contributed by atoms with Crippen molar-refractivity contribution in [3.63, 3.8) is 0 Å². The zero-order chi connectivity index (χ0) is 13.9. The monoisotopic (exact) mass is 290 g/mol. The average molecular weight is 291 g/mol. The molecule has 1 N–H and O–H groups in total. The van der Waals surface area contributed by atoms with Gasteiger partial charge in [-0.25, -0.2) is 9.97 Å². The summed E-state index contributed by atoms with van der Waals surface area (Å²) in [5, 5.41) is 10.7. The molecular weight excluding hydrogens is 276 g/mol. The second kappa shape index (κ2) is 5.73. The van der Waals surface area contributed by atoms with Crippen molar-refractivity contribution in [2.45, 2.75) is 12.5 Å². The third kappa shape index (κ3) is 2.89. The molecule has 104 valence electrons. The second-order valence-corrected chi connectivity index (χ2v) is 5.43. The minimum atomic E-state index is -0.373. The number of pyridine rings is 1. The van der Waals surface area contributed by atoms with Gasteiger partial charge in [0, 0.05) is 31.4 Å². The number of halogens is 1. The molecule has 0 radical (unpaired) electrons. The van der Waals surface area contributed by atoms with Crippen molar-refractivity contribution < 1.29 is 5.11 Å². The molecule has 0 aromatic carbocycles. The van der Waals surface area contributed by atoms with E-state index in [1.807, 2.05) is 17.0 Å². The van der Waals surface area contributed by atoms with E-state index in [0.717, 1.165) is 13.0 Å². The van der Waals surface area contributed by atoms with Gasteiger partial charge in [-0.1, -0.05) is 11.6 Å². The second-order valence-electron chi connectivity index (χ2n) is 4.99. The van der Waals surface area contributed by atoms with Crippen LogP contribution in [0.1, 0.15) is 5.56 Å². The Morgan fingerprint density at radius 1 is 1.20 bits per heavy atom. The lowest BCUT2D eigenvalue weighted by Crippen LogP contribution is -2.23. The number of β-amino-alcohol motifs (C(OH)–C–C–N with tert-alkyl or cyclic N) is 1. The first-order chi connectivity index (χ1) is 9.72. The first kappa shape index (κ1) is 13.3. The zero-order valence-electron chi connectivity index (χ0n) is 10.9. The van der Waals surface area contributed by atoms with E-state index in [4.69, 9.17) is 11.6 Å². The van der Waals surface area contributed by atoms with Crippen molar-refractivity contribution in [3.8, 4) is 0 Å². The SMILES string of the molecule is O[C@H]1CN(c2ncc(Cl)cn2)C[C@H]1Cc1ccncc1. The van der Waals surface area contributed by atoms with Crippen molar-refractivity contribution in [1.29, 1.82) is 0 Å². The molecule has 2 atom stereocenters. The molecule has 5 nitrogen and oxygen atoms in total. The van der Waals surface area contributed by atoms with Crippen LogP contribution in [0.25, 0.3) is 0 Å². The van der Waals surface area contributed by atoms with E-state index >= 15 is 0 Å². The van der Waals surface area contributed by atoms with E-state index in [1.54, 1.807) is 24.8 Å². The molecule has 1 aliphatic rings. The van der Waals surface area contributed by atoms with E-state index in [9.17, 15) is 5.11 Å². The van der Waals surface area contributed by atoms with E-state index in [-0.39, 0.29) is 12.0 Å². The van der Waals surface area contributed by atoms with Crippen LogP contribution in [0.3, 0.4) is 0 Å². The predicted molar refractivity (Wildman–Crippen MR) is 76.7 cm³/mol. The minimum Gasteiger partial charge on any atom is -0.391 e. The maximum atomic E-state index is 10.2. The molecule has 6 heteroatoms. The predicted octanol–water partition coefficient (Wildman–Crippen LogP) is 1.56. The van der Waals surface area contributed by atoms with Crippen LogP contribution in [-0.4, -0.2) is 39.3 Å². The van der Waals surface area contributed by atoms with Crippen LogP contribution in [0.15, 0.2) is 36.9 Å². The highest BCUT2D eigenvalue weighted by Gasteiger charge is 2.32. The largest absolute Gasteiger partial charge is 0.391 e. The third-order valence-corrected chi connectivity index (χ3v) is 3.74. The summed E-state index contributed by atoms with van der Waals surface area (Å²) in [5.41, 5.74) is 1.18. The van der Waals surface area contributed by atoms with Gasteiger partial charge in [-0.3, -0.25) is 4.98 Å². The van der Waals surface area contributed by atoms with E-state index < -0.39 is 0 Å². The standard InChI is InChI=1S/C14H15ClN4O/c15-12-6-17-14(18-7-12)19-8-11(13(20)9-19)5-10-1-3-16-4-2-10/h1-4,6-7,11,13,20H,5,8-9H2/t11-,13+/m1/s1. The fourth-order valence-corrected chi connectivity index (χ4v) is 2.61. The number of rotatable bonds is 3. The number of aliphatic hydroxyl groups excluding tert-OH is 1. The van der Waals surface area contributed by atoms with E-state index in [2.05, 4.69) is 15.0 Å². The van der Waals surface area contributed by atoms with Crippen LogP contribution < -0.4 is 4.90 Å². The summed E-state index contributed by atoms with van der Waals surface area (Å²) in [6.07, 6.45) is 7.16. The van der Waals surface area contributed by atoms with Gasteiger partial charge in [0.05, 0.1) is 23.5 Å². The van der Waals surface area contributed by atoms with Crippen LogP contribution in [0.2, 0.25) is 5.02 Å². The fraction of sp³-hybridized carbons (Fsp3) is 0.357. The minimum absolute atomic E-state index is 0.177. The molecule has 2 aromatic heterocycles. The van der Waals surface area contributed by atoms with Gasteiger partial charge in [0.1, 0.15) is 0 Å². The lowest BCUT2D eigenvalue weighted by atomic mass is 9.97. The van der Waals surface area contributed by atoms with Gasteiger partial charge in [0.2, 0.25) is 5.95 Å². The number of anilines is 1. The highest BCUT2D eigenvalue weighted by molar-refractivity contribution is 6.30. The Morgan fingerprint density at radius 3 is 2.60 bits per heavy atom. The zero-order valence-corrected chi connectivity index (χ0v) is 11.6. The number of aromatic nitrogens is 3. The summed E-state index contributed by atoms with van der Waals surface area (Å²) in [5.74, 6) is 0.794. The lowest BCUT2D eigenvalue weighted by molar-refractivity contribution is 0.148. The Morgan fingerprint density at radius 2 is 1.90 bits per heavy atom. The van der Waals surface area contributed by atoms with Crippen LogP contribution in [0, 0.1) is 5.92 Å². The Bertz CT molecular complexity index is 563. The normalized spacial score (nSPS) is 22.2. The van der Waals surface area contributed by atoms with Gasteiger partial charge >= 0.3 is 0 Å². The smallest absolute Gasteiger partial charge is 0.225 e. The Balaban J connectivity index is 1.69. The van der Waals surface area contributed by atoms with E-state index in [0.29, 0.717) is 17.5 Å². The maximum Gasteiger partial charge on any atom is 0.225 e. The molecule has 1 aliphatic heterocycles. The van der Waals surface area contributed by atoms with E-state index in [1.165, 1.54) is 5.56 Å². The van der Waals surface area contributed by atoms with Gasteiger partial charge < -0.3 is 10.0 Å². The molecular formula is C14H15ClN4O. The average Bonchev–Trinajstić information content (AvgIpc) is 2.82. The lowest BCUT2D eigenvalue weighted by Gasteiger charge is -2.15. The Labute approximate surface area is 122 Å².